The van der Waals surface area contributed by atoms with E-state index in [1.165, 1.54) is 0 Å². The van der Waals surface area contributed by atoms with E-state index in [4.69, 9.17) is 4.42 Å². The number of aromatic nitrogens is 2. The molecule has 4 heteroatoms. The van der Waals surface area contributed by atoms with Gasteiger partial charge < -0.3 is 9.73 Å². The van der Waals surface area contributed by atoms with Gasteiger partial charge in [0, 0.05) is 6.20 Å². The molecule has 0 saturated heterocycles. The quantitative estimate of drug-likeness (QED) is 0.825. The fourth-order valence-corrected chi connectivity index (χ4v) is 1.35. The van der Waals surface area contributed by atoms with E-state index in [-0.39, 0.29) is 0 Å². The minimum absolute atomic E-state index is 0.660. The summed E-state index contributed by atoms with van der Waals surface area (Å²) in [5.74, 6) is 2.44. The normalized spacial score (nSPS) is 10.5. The van der Waals surface area contributed by atoms with E-state index in [0.29, 0.717) is 6.54 Å². The SMILES string of the molecule is CNCc1nccc(-c2ccc(C)o2)n1. The minimum Gasteiger partial charge on any atom is -0.460 e. The smallest absolute Gasteiger partial charge is 0.152 e. The molecule has 0 amide bonds. The zero-order chi connectivity index (χ0) is 10.7. The Kier molecular flexibility index (Phi) is 2.78. The standard InChI is InChI=1S/C11H13N3O/c1-8-3-4-10(15-8)9-5-6-13-11(14-9)7-12-2/h3-6,12H,7H2,1-2H3. The van der Waals surface area contributed by atoms with E-state index in [0.717, 1.165) is 23.0 Å². The van der Waals surface area contributed by atoms with Gasteiger partial charge in [-0.1, -0.05) is 0 Å². The van der Waals surface area contributed by atoms with Crippen molar-refractivity contribution in [2.45, 2.75) is 13.5 Å². The monoisotopic (exact) mass is 203 g/mol. The Morgan fingerprint density at radius 1 is 1.33 bits per heavy atom. The van der Waals surface area contributed by atoms with Gasteiger partial charge >= 0.3 is 0 Å². The maximum atomic E-state index is 5.49. The molecule has 0 aromatic carbocycles. The van der Waals surface area contributed by atoms with E-state index in [1.54, 1.807) is 6.20 Å². The van der Waals surface area contributed by atoms with Gasteiger partial charge in [0.25, 0.3) is 0 Å². The Bertz CT molecular complexity index is 451. The Morgan fingerprint density at radius 3 is 2.87 bits per heavy atom. The zero-order valence-corrected chi connectivity index (χ0v) is 8.82. The Morgan fingerprint density at radius 2 is 2.20 bits per heavy atom. The summed E-state index contributed by atoms with van der Waals surface area (Å²) in [6.45, 7) is 2.58. The van der Waals surface area contributed by atoms with Crippen molar-refractivity contribution in [3.8, 4) is 11.5 Å². The number of rotatable bonds is 3. The second-order valence-corrected chi connectivity index (χ2v) is 3.30. The van der Waals surface area contributed by atoms with Crippen LogP contribution in [0.25, 0.3) is 11.5 Å². The molecule has 0 aliphatic heterocycles. The van der Waals surface area contributed by atoms with Gasteiger partial charge in [0.2, 0.25) is 0 Å². The molecule has 2 heterocycles. The third kappa shape index (κ3) is 2.22. The predicted octanol–water partition coefficient (Wildman–Crippen LogP) is 1.76. The Balaban J connectivity index is 2.32. The highest BCUT2D eigenvalue weighted by atomic mass is 16.3. The fourth-order valence-electron chi connectivity index (χ4n) is 1.35. The molecule has 0 unspecified atom stereocenters. The lowest BCUT2D eigenvalue weighted by atomic mass is 10.3. The maximum absolute atomic E-state index is 5.49. The maximum Gasteiger partial charge on any atom is 0.152 e. The van der Waals surface area contributed by atoms with Crippen LogP contribution in [0.3, 0.4) is 0 Å². The molecule has 78 valence electrons. The highest BCUT2D eigenvalue weighted by Gasteiger charge is 2.05. The summed E-state index contributed by atoms with van der Waals surface area (Å²) in [5.41, 5.74) is 0.823. The van der Waals surface area contributed by atoms with Crippen LogP contribution in [0, 0.1) is 6.92 Å². The van der Waals surface area contributed by atoms with Crippen LogP contribution in [0.1, 0.15) is 11.6 Å². The van der Waals surface area contributed by atoms with Crippen molar-refractivity contribution in [1.29, 1.82) is 0 Å². The molecule has 0 aliphatic carbocycles. The van der Waals surface area contributed by atoms with E-state index >= 15 is 0 Å². The van der Waals surface area contributed by atoms with Crippen LogP contribution in [0.15, 0.2) is 28.8 Å². The number of nitrogens with zero attached hydrogens (tertiary/aromatic N) is 2. The molecule has 0 atom stereocenters. The van der Waals surface area contributed by atoms with Crippen molar-refractivity contribution >= 4 is 0 Å². The molecule has 2 aromatic heterocycles. The second kappa shape index (κ2) is 4.23. The average Bonchev–Trinajstić information content (AvgIpc) is 2.66. The van der Waals surface area contributed by atoms with E-state index in [1.807, 2.05) is 32.2 Å². The Hall–Kier alpha value is -1.68. The van der Waals surface area contributed by atoms with Crippen LogP contribution in [0.4, 0.5) is 0 Å². The lowest BCUT2D eigenvalue weighted by Gasteiger charge is -2.00. The fraction of sp³-hybridized carbons (Fsp3) is 0.273. The lowest BCUT2D eigenvalue weighted by Crippen LogP contribution is -2.08. The average molecular weight is 203 g/mol. The third-order valence-electron chi connectivity index (χ3n) is 2.03. The van der Waals surface area contributed by atoms with Crippen LogP contribution in [0.5, 0.6) is 0 Å². The molecule has 2 aromatic rings. The van der Waals surface area contributed by atoms with Crippen molar-refractivity contribution in [2.75, 3.05) is 7.05 Å². The molecule has 0 aliphatic rings. The summed E-state index contributed by atoms with van der Waals surface area (Å²) in [5, 5.41) is 3.01. The topological polar surface area (TPSA) is 51.0 Å². The summed E-state index contributed by atoms with van der Waals surface area (Å²) in [7, 11) is 1.87. The van der Waals surface area contributed by atoms with Crippen molar-refractivity contribution in [3.05, 3.63) is 36.0 Å². The van der Waals surface area contributed by atoms with E-state index in [9.17, 15) is 0 Å². The van der Waals surface area contributed by atoms with Crippen molar-refractivity contribution in [3.63, 3.8) is 0 Å². The molecular formula is C11H13N3O. The van der Waals surface area contributed by atoms with Crippen LogP contribution in [0.2, 0.25) is 0 Å². The molecule has 4 nitrogen and oxygen atoms in total. The molecule has 1 N–H and O–H groups in total. The van der Waals surface area contributed by atoms with Crippen LogP contribution < -0.4 is 5.32 Å². The molecule has 0 fully saturated rings. The molecular weight excluding hydrogens is 190 g/mol. The summed E-state index contributed by atoms with van der Waals surface area (Å²) in [6.07, 6.45) is 1.74. The zero-order valence-electron chi connectivity index (χ0n) is 8.82. The van der Waals surface area contributed by atoms with Crippen LogP contribution in [-0.4, -0.2) is 17.0 Å². The van der Waals surface area contributed by atoms with Crippen LogP contribution >= 0.6 is 0 Å². The van der Waals surface area contributed by atoms with Gasteiger partial charge in [0.1, 0.15) is 17.3 Å². The summed E-state index contributed by atoms with van der Waals surface area (Å²) in [4.78, 5) is 8.52. The minimum atomic E-state index is 0.660. The summed E-state index contributed by atoms with van der Waals surface area (Å²) >= 11 is 0. The number of furan rings is 1. The van der Waals surface area contributed by atoms with E-state index in [2.05, 4.69) is 15.3 Å². The van der Waals surface area contributed by atoms with Gasteiger partial charge in [-0.2, -0.15) is 0 Å². The lowest BCUT2D eigenvalue weighted by molar-refractivity contribution is 0.545. The third-order valence-corrected chi connectivity index (χ3v) is 2.03. The second-order valence-electron chi connectivity index (χ2n) is 3.30. The van der Waals surface area contributed by atoms with Gasteiger partial charge in [0.05, 0.1) is 6.54 Å². The van der Waals surface area contributed by atoms with Gasteiger partial charge in [-0.15, -0.1) is 0 Å². The van der Waals surface area contributed by atoms with Gasteiger partial charge in [0.15, 0.2) is 5.76 Å². The molecule has 15 heavy (non-hydrogen) atoms. The number of nitrogens with one attached hydrogen (secondary N) is 1. The number of hydrogen-bond donors (Lipinski definition) is 1. The van der Waals surface area contributed by atoms with Crippen molar-refractivity contribution in [1.82, 2.24) is 15.3 Å². The highest BCUT2D eigenvalue weighted by molar-refractivity contribution is 5.51. The largest absolute Gasteiger partial charge is 0.460 e. The molecule has 0 saturated carbocycles. The van der Waals surface area contributed by atoms with Crippen molar-refractivity contribution in [2.24, 2.45) is 0 Å². The highest BCUT2D eigenvalue weighted by Crippen LogP contribution is 2.19. The molecule has 0 spiro atoms. The summed E-state index contributed by atoms with van der Waals surface area (Å²) < 4.78 is 5.49. The predicted molar refractivity (Wildman–Crippen MR) is 57.2 cm³/mol. The van der Waals surface area contributed by atoms with Gasteiger partial charge in [-0.05, 0) is 32.2 Å². The first-order valence-corrected chi connectivity index (χ1v) is 4.83. The summed E-state index contributed by atoms with van der Waals surface area (Å²) in [6, 6.07) is 5.69. The van der Waals surface area contributed by atoms with Crippen LogP contribution in [-0.2, 0) is 6.54 Å². The van der Waals surface area contributed by atoms with Gasteiger partial charge in [-0.25, -0.2) is 9.97 Å². The first-order chi connectivity index (χ1) is 7.29. The molecule has 0 bridgehead atoms. The first kappa shape index (κ1) is 9.86. The van der Waals surface area contributed by atoms with Crippen molar-refractivity contribution < 1.29 is 4.42 Å². The van der Waals surface area contributed by atoms with E-state index < -0.39 is 0 Å². The molecule has 2 rings (SSSR count). The molecule has 0 radical (unpaired) electrons. The number of aryl methyl sites for hydroxylation is 1. The number of hydrogen-bond acceptors (Lipinski definition) is 4. The first-order valence-electron chi connectivity index (χ1n) is 4.83. The Labute approximate surface area is 88.4 Å². The van der Waals surface area contributed by atoms with Gasteiger partial charge in [-0.3, -0.25) is 0 Å².